The molecule has 0 unspecified atom stereocenters. The van der Waals surface area contributed by atoms with Crippen molar-refractivity contribution < 1.29 is 9.53 Å². The van der Waals surface area contributed by atoms with Gasteiger partial charge >= 0.3 is 6.09 Å². The molecule has 0 saturated heterocycles. The lowest BCUT2D eigenvalue weighted by molar-refractivity contribution is 0.0416. The number of ether oxygens (including phenoxy) is 1. The summed E-state index contributed by atoms with van der Waals surface area (Å²) in [6.45, 7) is 5.61. The number of hydrogen-bond donors (Lipinski definition) is 2. The fourth-order valence-corrected chi connectivity index (χ4v) is 2.63. The molecule has 106 valence electrons. The molecule has 1 aromatic heterocycles. The van der Waals surface area contributed by atoms with E-state index in [0.29, 0.717) is 0 Å². The summed E-state index contributed by atoms with van der Waals surface area (Å²) in [7, 11) is 0. The van der Waals surface area contributed by atoms with E-state index in [1.165, 1.54) is 6.42 Å². The third kappa shape index (κ3) is 3.49. The third-order valence-corrected chi connectivity index (χ3v) is 3.46. The Morgan fingerprint density at radius 3 is 2.58 bits per heavy atom. The van der Waals surface area contributed by atoms with Crippen LogP contribution in [0.3, 0.4) is 0 Å². The van der Waals surface area contributed by atoms with Gasteiger partial charge in [0.1, 0.15) is 5.60 Å². The van der Waals surface area contributed by atoms with Crippen molar-refractivity contribution in [3.05, 3.63) is 18.2 Å². The molecule has 0 atom stereocenters. The second kappa shape index (κ2) is 5.23. The second-order valence-electron chi connectivity index (χ2n) is 6.23. The lowest BCUT2D eigenvalue weighted by Crippen LogP contribution is -2.49. The fraction of sp³-hybridized carbons (Fsp3) is 0.714. The molecule has 1 heterocycles. The van der Waals surface area contributed by atoms with Crippen LogP contribution in [-0.2, 0) is 10.3 Å². The third-order valence-electron chi connectivity index (χ3n) is 3.46. The molecule has 1 fully saturated rings. The number of nitrogens with one attached hydrogen (secondary N) is 2. The van der Waals surface area contributed by atoms with E-state index >= 15 is 0 Å². The summed E-state index contributed by atoms with van der Waals surface area (Å²) in [5.41, 5.74) is 0.142. The molecule has 1 aromatic rings. The van der Waals surface area contributed by atoms with Crippen LogP contribution in [0, 0.1) is 0 Å². The molecule has 2 rings (SSSR count). The molecule has 19 heavy (non-hydrogen) atoms. The number of H-pyrrole nitrogens is 1. The smallest absolute Gasteiger partial charge is 0.408 e. The Morgan fingerprint density at radius 2 is 2.05 bits per heavy atom. The van der Waals surface area contributed by atoms with E-state index in [0.717, 1.165) is 31.4 Å². The molecular formula is C14H23N3O2. The van der Waals surface area contributed by atoms with Crippen molar-refractivity contribution in [1.82, 2.24) is 15.3 Å². The van der Waals surface area contributed by atoms with Gasteiger partial charge in [-0.05, 0) is 33.6 Å². The Labute approximate surface area is 114 Å². The molecule has 1 aliphatic rings. The van der Waals surface area contributed by atoms with E-state index in [-0.39, 0.29) is 11.6 Å². The standard InChI is InChI=1S/C14H23N3O2/c1-13(2,3)19-12(18)17-14(7-5-4-6-8-14)11-9-15-10-16-11/h9-10H,4-8H2,1-3H3,(H,15,16)(H,17,18). The minimum atomic E-state index is -0.478. The first-order chi connectivity index (χ1) is 8.91. The number of rotatable bonds is 2. The summed E-state index contributed by atoms with van der Waals surface area (Å²) >= 11 is 0. The highest BCUT2D eigenvalue weighted by molar-refractivity contribution is 5.69. The van der Waals surface area contributed by atoms with Gasteiger partial charge in [0.25, 0.3) is 0 Å². The number of hydrogen-bond acceptors (Lipinski definition) is 3. The van der Waals surface area contributed by atoms with E-state index in [2.05, 4.69) is 15.3 Å². The van der Waals surface area contributed by atoms with E-state index < -0.39 is 5.60 Å². The monoisotopic (exact) mass is 265 g/mol. The summed E-state index contributed by atoms with van der Waals surface area (Å²) in [6, 6.07) is 0. The summed E-state index contributed by atoms with van der Waals surface area (Å²) in [4.78, 5) is 19.3. The number of imidazole rings is 1. The van der Waals surface area contributed by atoms with Gasteiger partial charge in [-0.25, -0.2) is 9.78 Å². The number of nitrogens with zero attached hydrogens (tertiary/aromatic N) is 1. The van der Waals surface area contributed by atoms with Crippen LogP contribution in [0.25, 0.3) is 0 Å². The number of carbonyl (C=O) groups is 1. The number of alkyl carbamates (subject to hydrolysis) is 1. The molecule has 0 aromatic carbocycles. The van der Waals surface area contributed by atoms with Crippen LogP contribution in [0.15, 0.2) is 12.5 Å². The van der Waals surface area contributed by atoms with Gasteiger partial charge in [-0.3, -0.25) is 0 Å². The maximum absolute atomic E-state index is 12.1. The molecule has 0 spiro atoms. The number of amides is 1. The van der Waals surface area contributed by atoms with Crippen molar-refractivity contribution in [2.24, 2.45) is 0 Å². The van der Waals surface area contributed by atoms with Crippen LogP contribution < -0.4 is 5.32 Å². The summed E-state index contributed by atoms with van der Waals surface area (Å²) in [5, 5.41) is 3.06. The van der Waals surface area contributed by atoms with E-state index in [9.17, 15) is 4.79 Å². The molecule has 1 saturated carbocycles. The topological polar surface area (TPSA) is 67.0 Å². The minimum Gasteiger partial charge on any atom is -0.444 e. The van der Waals surface area contributed by atoms with Gasteiger partial charge in [-0.1, -0.05) is 19.3 Å². The van der Waals surface area contributed by atoms with E-state index in [1.807, 2.05) is 20.8 Å². The Morgan fingerprint density at radius 1 is 1.37 bits per heavy atom. The van der Waals surface area contributed by atoms with E-state index in [4.69, 9.17) is 4.74 Å². The van der Waals surface area contributed by atoms with Crippen LogP contribution in [0.5, 0.6) is 0 Å². The zero-order chi connectivity index (χ0) is 13.9. The Kier molecular flexibility index (Phi) is 3.83. The summed E-state index contributed by atoms with van der Waals surface area (Å²) in [6.07, 6.45) is 8.37. The van der Waals surface area contributed by atoms with Gasteiger partial charge in [-0.2, -0.15) is 0 Å². The average Bonchev–Trinajstić information content (AvgIpc) is 2.81. The van der Waals surface area contributed by atoms with Crippen molar-refractivity contribution in [2.75, 3.05) is 0 Å². The molecule has 2 N–H and O–H groups in total. The highest BCUT2D eigenvalue weighted by Gasteiger charge is 2.37. The molecule has 5 nitrogen and oxygen atoms in total. The molecular weight excluding hydrogens is 242 g/mol. The van der Waals surface area contributed by atoms with Crippen molar-refractivity contribution >= 4 is 6.09 Å². The number of aromatic nitrogens is 2. The van der Waals surface area contributed by atoms with Crippen LogP contribution in [0.2, 0.25) is 0 Å². The Balaban J connectivity index is 2.13. The van der Waals surface area contributed by atoms with Crippen molar-refractivity contribution in [3.63, 3.8) is 0 Å². The van der Waals surface area contributed by atoms with Crippen molar-refractivity contribution in [1.29, 1.82) is 0 Å². The fourth-order valence-electron chi connectivity index (χ4n) is 2.63. The van der Waals surface area contributed by atoms with Gasteiger partial charge < -0.3 is 15.0 Å². The predicted octanol–water partition coefficient (Wildman–Crippen LogP) is 3.09. The lowest BCUT2D eigenvalue weighted by atomic mass is 9.79. The molecule has 1 amide bonds. The van der Waals surface area contributed by atoms with Crippen LogP contribution in [0.4, 0.5) is 4.79 Å². The highest BCUT2D eigenvalue weighted by atomic mass is 16.6. The summed E-state index contributed by atoms with van der Waals surface area (Å²) < 4.78 is 5.38. The zero-order valence-corrected chi connectivity index (χ0v) is 12.0. The first kappa shape index (κ1) is 13.9. The van der Waals surface area contributed by atoms with Crippen molar-refractivity contribution in [3.8, 4) is 0 Å². The maximum atomic E-state index is 12.1. The first-order valence-corrected chi connectivity index (χ1v) is 6.91. The largest absolute Gasteiger partial charge is 0.444 e. The molecule has 1 aliphatic carbocycles. The van der Waals surface area contributed by atoms with Gasteiger partial charge in [0.05, 0.1) is 23.8 Å². The molecule has 5 heteroatoms. The SMILES string of the molecule is CC(C)(C)OC(=O)NC1(c2cnc[nH]2)CCCCC1. The van der Waals surface area contributed by atoms with Gasteiger partial charge in [0, 0.05) is 0 Å². The molecule has 0 radical (unpaired) electrons. The minimum absolute atomic E-state index is 0.350. The number of carbonyl (C=O) groups excluding carboxylic acids is 1. The van der Waals surface area contributed by atoms with Crippen LogP contribution in [-0.4, -0.2) is 21.7 Å². The highest BCUT2D eigenvalue weighted by Crippen LogP contribution is 2.36. The van der Waals surface area contributed by atoms with Crippen LogP contribution in [0.1, 0.15) is 58.6 Å². The maximum Gasteiger partial charge on any atom is 0.408 e. The second-order valence-corrected chi connectivity index (χ2v) is 6.23. The Hall–Kier alpha value is -1.52. The first-order valence-electron chi connectivity index (χ1n) is 6.91. The van der Waals surface area contributed by atoms with Crippen molar-refractivity contribution in [2.45, 2.75) is 64.0 Å². The lowest BCUT2D eigenvalue weighted by Gasteiger charge is -2.37. The van der Waals surface area contributed by atoms with E-state index in [1.54, 1.807) is 12.5 Å². The zero-order valence-electron chi connectivity index (χ0n) is 12.0. The predicted molar refractivity (Wildman–Crippen MR) is 72.7 cm³/mol. The average molecular weight is 265 g/mol. The Bertz CT molecular complexity index is 414. The van der Waals surface area contributed by atoms with Gasteiger partial charge in [0.15, 0.2) is 0 Å². The normalized spacial score (nSPS) is 18.9. The summed E-state index contributed by atoms with van der Waals surface area (Å²) in [5.74, 6) is 0. The number of aromatic amines is 1. The molecule has 0 bridgehead atoms. The quantitative estimate of drug-likeness (QED) is 0.863. The molecule has 0 aliphatic heterocycles. The van der Waals surface area contributed by atoms with Gasteiger partial charge in [0.2, 0.25) is 0 Å². The van der Waals surface area contributed by atoms with Crippen LogP contribution >= 0.6 is 0 Å². The van der Waals surface area contributed by atoms with Gasteiger partial charge in [-0.15, -0.1) is 0 Å².